The molecule has 0 unspecified atom stereocenters. The monoisotopic (exact) mass is 304 g/mol. The van der Waals surface area contributed by atoms with Crippen molar-refractivity contribution in [2.75, 3.05) is 13.1 Å². The maximum atomic E-state index is 12.6. The molecule has 1 saturated heterocycles. The van der Waals surface area contributed by atoms with Crippen molar-refractivity contribution >= 4 is 11.9 Å². The molecular weight excluding hydrogens is 280 g/mol. The van der Waals surface area contributed by atoms with E-state index >= 15 is 0 Å². The van der Waals surface area contributed by atoms with E-state index in [0.29, 0.717) is 11.0 Å². The van der Waals surface area contributed by atoms with E-state index in [0.717, 1.165) is 45.2 Å². The molecule has 0 bridgehead atoms. The molecule has 1 aromatic heterocycles. The third kappa shape index (κ3) is 3.46. The summed E-state index contributed by atoms with van der Waals surface area (Å²) >= 11 is 0. The van der Waals surface area contributed by atoms with Crippen molar-refractivity contribution in [3.8, 4) is 0 Å². The maximum Gasteiger partial charge on any atom is 0.354 e. The number of hydrogen-bond acceptors (Lipinski definition) is 3. The van der Waals surface area contributed by atoms with Crippen LogP contribution in [0.3, 0.4) is 0 Å². The zero-order valence-corrected chi connectivity index (χ0v) is 13.3. The van der Waals surface area contributed by atoms with Crippen LogP contribution >= 0.6 is 0 Å². The molecular formula is C17H24N2O3. The van der Waals surface area contributed by atoms with E-state index in [2.05, 4.69) is 18.8 Å². The summed E-state index contributed by atoms with van der Waals surface area (Å²) in [6, 6.07) is 2.95. The number of carboxylic acids is 1. The average molecular weight is 304 g/mol. The van der Waals surface area contributed by atoms with Crippen molar-refractivity contribution in [1.29, 1.82) is 0 Å². The van der Waals surface area contributed by atoms with E-state index in [1.807, 2.05) is 4.90 Å². The Morgan fingerprint density at radius 3 is 2.64 bits per heavy atom. The van der Waals surface area contributed by atoms with Crippen molar-refractivity contribution in [2.24, 2.45) is 5.41 Å². The fraction of sp³-hybridized carbons (Fsp3) is 0.588. The molecule has 22 heavy (non-hydrogen) atoms. The number of hydrogen-bond donors (Lipinski definition) is 1. The van der Waals surface area contributed by atoms with Crippen LogP contribution in [0.25, 0.3) is 0 Å². The van der Waals surface area contributed by atoms with E-state index in [-0.39, 0.29) is 11.6 Å². The fourth-order valence-electron chi connectivity index (χ4n) is 3.28. The van der Waals surface area contributed by atoms with Gasteiger partial charge in [0, 0.05) is 24.8 Å². The average Bonchev–Trinajstić information content (AvgIpc) is 2.77. The van der Waals surface area contributed by atoms with Crippen molar-refractivity contribution in [3.63, 3.8) is 0 Å². The van der Waals surface area contributed by atoms with Gasteiger partial charge in [-0.1, -0.05) is 26.7 Å². The Kier molecular flexibility index (Phi) is 5.16. The first-order valence-electron chi connectivity index (χ1n) is 8.00. The van der Waals surface area contributed by atoms with Gasteiger partial charge in [0.25, 0.3) is 5.91 Å². The lowest BCUT2D eigenvalue weighted by atomic mass is 9.76. The van der Waals surface area contributed by atoms with Crippen LogP contribution in [0.4, 0.5) is 0 Å². The van der Waals surface area contributed by atoms with Crippen LogP contribution in [-0.4, -0.2) is 40.0 Å². The summed E-state index contributed by atoms with van der Waals surface area (Å²) in [4.78, 5) is 29.2. The summed E-state index contributed by atoms with van der Waals surface area (Å²) < 4.78 is 0. The molecule has 1 amide bonds. The Morgan fingerprint density at radius 1 is 1.27 bits per heavy atom. The lowest BCUT2D eigenvalue weighted by Gasteiger charge is -2.30. The lowest BCUT2D eigenvalue weighted by Crippen LogP contribution is -2.33. The number of amides is 1. The molecule has 1 fully saturated rings. The van der Waals surface area contributed by atoms with Crippen LogP contribution in [0.2, 0.25) is 0 Å². The maximum absolute atomic E-state index is 12.6. The molecule has 2 rings (SSSR count). The minimum absolute atomic E-state index is 0.0860. The molecule has 0 radical (unpaired) electrons. The normalized spacial score (nSPS) is 17.8. The summed E-state index contributed by atoms with van der Waals surface area (Å²) in [5, 5.41) is 8.99. The molecule has 0 saturated carbocycles. The van der Waals surface area contributed by atoms with Crippen molar-refractivity contribution in [2.45, 2.75) is 46.0 Å². The highest BCUT2D eigenvalue weighted by atomic mass is 16.4. The van der Waals surface area contributed by atoms with E-state index < -0.39 is 5.97 Å². The minimum Gasteiger partial charge on any atom is -0.477 e. The summed E-state index contributed by atoms with van der Waals surface area (Å²) in [5.74, 6) is -1.20. The summed E-state index contributed by atoms with van der Waals surface area (Å²) in [6.07, 6.45) is 6.85. The molecule has 1 aliphatic heterocycles. The van der Waals surface area contributed by atoms with Gasteiger partial charge in [0.05, 0.1) is 0 Å². The highest BCUT2D eigenvalue weighted by Gasteiger charge is 2.30. The molecule has 2 heterocycles. The number of rotatable bonds is 4. The number of aromatic carboxylic acids is 1. The third-order valence-electron chi connectivity index (χ3n) is 5.06. The molecule has 0 aromatic carbocycles. The first kappa shape index (κ1) is 16.5. The molecule has 1 aromatic rings. The van der Waals surface area contributed by atoms with Crippen LogP contribution in [0, 0.1) is 5.41 Å². The minimum atomic E-state index is -1.11. The first-order valence-corrected chi connectivity index (χ1v) is 8.00. The second kappa shape index (κ2) is 6.90. The van der Waals surface area contributed by atoms with Gasteiger partial charge in [-0.3, -0.25) is 4.79 Å². The standard InChI is InChI=1S/C17H24N2O3/c1-3-17(4-2)7-5-10-19(11-8-17)15(20)13-6-9-18-14(12-13)16(21)22/h6,9,12H,3-5,7-8,10-11H2,1-2H3,(H,21,22). The Hall–Kier alpha value is -1.91. The van der Waals surface area contributed by atoms with Gasteiger partial charge in [0.2, 0.25) is 0 Å². The van der Waals surface area contributed by atoms with E-state index in [4.69, 9.17) is 5.11 Å². The second-order valence-corrected chi connectivity index (χ2v) is 6.09. The SMILES string of the molecule is CCC1(CC)CCCN(C(=O)c2ccnc(C(=O)O)c2)CC1. The third-order valence-corrected chi connectivity index (χ3v) is 5.06. The predicted octanol–water partition coefficient (Wildman–Crippen LogP) is 3.21. The van der Waals surface area contributed by atoms with Crippen molar-refractivity contribution < 1.29 is 14.7 Å². The zero-order chi connectivity index (χ0) is 16.2. The number of carbonyl (C=O) groups excluding carboxylic acids is 1. The summed E-state index contributed by atoms with van der Waals surface area (Å²) in [6.45, 7) is 5.93. The van der Waals surface area contributed by atoms with Gasteiger partial charge >= 0.3 is 5.97 Å². The van der Waals surface area contributed by atoms with Gasteiger partial charge in [-0.05, 0) is 36.8 Å². The molecule has 5 heteroatoms. The Bertz CT molecular complexity index is 553. The van der Waals surface area contributed by atoms with Gasteiger partial charge in [-0.15, -0.1) is 0 Å². The molecule has 0 aliphatic carbocycles. The van der Waals surface area contributed by atoms with Crippen LogP contribution in [0.1, 0.15) is 66.8 Å². The number of likely N-dealkylation sites (tertiary alicyclic amines) is 1. The highest BCUT2D eigenvalue weighted by molar-refractivity contribution is 5.96. The van der Waals surface area contributed by atoms with Crippen LogP contribution < -0.4 is 0 Å². The summed E-state index contributed by atoms with van der Waals surface area (Å²) in [5.41, 5.74) is 0.671. The molecule has 0 spiro atoms. The number of carbonyl (C=O) groups is 2. The van der Waals surface area contributed by atoms with Crippen LogP contribution in [0.5, 0.6) is 0 Å². The summed E-state index contributed by atoms with van der Waals surface area (Å²) in [7, 11) is 0. The van der Waals surface area contributed by atoms with E-state index in [1.165, 1.54) is 12.3 Å². The largest absolute Gasteiger partial charge is 0.477 e. The Labute approximate surface area is 131 Å². The number of nitrogens with zero attached hydrogens (tertiary/aromatic N) is 2. The number of carboxylic acid groups (broad SMARTS) is 1. The van der Waals surface area contributed by atoms with E-state index in [1.54, 1.807) is 6.07 Å². The van der Waals surface area contributed by atoms with E-state index in [9.17, 15) is 9.59 Å². The Morgan fingerprint density at radius 2 is 2.00 bits per heavy atom. The topological polar surface area (TPSA) is 70.5 Å². The van der Waals surface area contributed by atoms with Gasteiger partial charge in [0.1, 0.15) is 5.69 Å². The van der Waals surface area contributed by atoms with Gasteiger partial charge in [-0.2, -0.15) is 0 Å². The molecule has 0 atom stereocenters. The quantitative estimate of drug-likeness (QED) is 0.927. The molecule has 1 aliphatic rings. The van der Waals surface area contributed by atoms with Crippen molar-refractivity contribution in [1.82, 2.24) is 9.88 Å². The number of aromatic nitrogens is 1. The lowest BCUT2D eigenvalue weighted by molar-refractivity contribution is 0.0690. The van der Waals surface area contributed by atoms with Gasteiger partial charge in [0.15, 0.2) is 0 Å². The smallest absolute Gasteiger partial charge is 0.354 e. The van der Waals surface area contributed by atoms with Gasteiger partial charge in [-0.25, -0.2) is 9.78 Å². The number of pyridine rings is 1. The second-order valence-electron chi connectivity index (χ2n) is 6.09. The predicted molar refractivity (Wildman–Crippen MR) is 84.0 cm³/mol. The fourth-order valence-corrected chi connectivity index (χ4v) is 3.28. The first-order chi connectivity index (χ1) is 10.5. The molecule has 5 nitrogen and oxygen atoms in total. The molecule has 120 valence electrons. The Balaban J connectivity index is 2.13. The van der Waals surface area contributed by atoms with Crippen LogP contribution in [0.15, 0.2) is 18.3 Å². The van der Waals surface area contributed by atoms with Crippen LogP contribution in [-0.2, 0) is 0 Å². The molecule has 1 N–H and O–H groups in total. The zero-order valence-electron chi connectivity index (χ0n) is 13.3. The highest BCUT2D eigenvalue weighted by Crippen LogP contribution is 2.38. The van der Waals surface area contributed by atoms with Gasteiger partial charge < -0.3 is 10.0 Å². The van der Waals surface area contributed by atoms with Crippen molar-refractivity contribution in [3.05, 3.63) is 29.6 Å².